The second kappa shape index (κ2) is 9.02. The van der Waals surface area contributed by atoms with Gasteiger partial charge >= 0.3 is 0 Å². The van der Waals surface area contributed by atoms with Crippen molar-refractivity contribution in [2.24, 2.45) is 0 Å². The molecule has 2 aromatic heterocycles. The number of aliphatic hydroxyl groups excluding tert-OH is 1. The highest BCUT2D eigenvalue weighted by molar-refractivity contribution is 5.83. The number of alkyl halides is 2. The van der Waals surface area contributed by atoms with Gasteiger partial charge in [-0.25, -0.2) is 18.3 Å². The lowest BCUT2D eigenvalue weighted by molar-refractivity contribution is 0.151. The molecule has 1 aliphatic rings. The number of aromatic nitrogens is 3. The molecule has 2 aromatic carbocycles. The van der Waals surface area contributed by atoms with E-state index in [1.165, 1.54) is 12.1 Å². The third-order valence-corrected chi connectivity index (χ3v) is 6.45. The number of aliphatic hydroxyl groups is 1. The number of aryl methyl sites for hydroxylation is 1. The van der Waals surface area contributed by atoms with E-state index in [2.05, 4.69) is 4.90 Å². The molecule has 176 valence electrons. The van der Waals surface area contributed by atoms with Gasteiger partial charge in [0.25, 0.3) is 6.43 Å². The van der Waals surface area contributed by atoms with Crippen molar-refractivity contribution in [2.75, 3.05) is 25.2 Å². The quantitative estimate of drug-likeness (QED) is 0.421. The molecular weight excluding hydrogens is 438 g/mol. The molecule has 1 N–H and O–H groups in total. The fraction of sp³-hybridized carbons (Fsp3) is 0.308. The number of rotatable bonds is 6. The van der Waals surface area contributed by atoms with Crippen LogP contribution in [-0.4, -0.2) is 46.0 Å². The molecule has 4 aromatic rings. The Bertz CT molecular complexity index is 1320. The second-order valence-corrected chi connectivity index (χ2v) is 8.52. The zero-order valence-electron chi connectivity index (χ0n) is 19.1. The monoisotopic (exact) mass is 464 g/mol. The average molecular weight is 465 g/mol. The first kappa shape index (κ1) is 22.3. The Balaban J connectivity index is 1.74. The third kappa shape index (κ3) is 3.88. The van der Waals surface area contributed by atoms with Gasteiger partial charge in [0.15, 0.2) is 5.65 Å². The Morgan fingerprint density at radius 2 is 1.91 bits per heavy atom. The van der Waals surface area contributed by atoms with E-state index in [4.69, 9.17) is 14.8 Å². The minimum absolute atomic E-state index is 0.00547. The zero-order valence-corrected chi connectivity index (χ0v) is 19.1. The fourth-order valence-electron chi connectivity index (χ4n) is 4.71. The first-order valence-corrected chi connectivity index (χ1v) is 11.3. The summed E-state index contributed by atoms with van der Waals surface area (Å²) in [7, 11) is 1.63. The number of ether oxygens (including phenoxy) is 1. The highest BCUT2D eigenvalue weighted by atomic mass is 19.3. The van der Waals surface area contributed by atoms with Gasteiger partial charge in [0.1, 0.15) is 11.6 Å². The first-order chi connectivity index (χ1) is 16.5. The molecule has 34 heavy (non-hydrogen) atoms. The van der Waals surface area contributed by atoms with Crippen molar-refractivity contribution >= 4 is 11.5 Å². The smallest absolute Gasteiger partial charge is 0.263 e. The minimum atomic E-state index is -2.52. The standard InChI is InChI=1S/C26H26F2N4O2/c1-16-24(17-8-10-18(11-9-17)25(27)28)26-29-23(31-12-4-6-20(31)15-33)14-22(32(26)30-16)19-5-3-7-21(13-19)34-2/h3,5,7-11,13-14,20,25,33H,4,6,12,15H2,1-2H3. The maximum Gasteiger partial charge on any atom is 0.263 e. The largest absolute Gasteiger partial charge is 0.497 e. The van der Waals surface area contributed by atoms with Crippen LogP contribution in [0.3, 0.4) is 0 Å². The van der Waals surface area contributed by atoms with Gasteiger partial charge in [0, 0.05) is 29.3 Å². The van der Waals surface area contributed by atoms with E-state index >= 15 is 0 Å². The predicted molar refractivity (Wildman–Crippen MR) is 128 cm³/mol. The van der Waals surface area contributed by atoms with Crippen LogP contribution >= 0.6 is 0 Å². The summed E-state index contributed by atoms with van der Waals surface area (Å²) in [6.45, 7) is 2.76. The molecule has 0 amide bonds. The Labute approximate surface area is 196 Å². The molecule has 6 nitrogen and oxygen atoms in total. The molecule has 1 aliphatic heterocycles. The maximum atomic E-state index is 13.1. The summed E-state index contributed by atoms with van der Waals surface area (Å²) in [5.41, 5.74) is 4.69. The van der Waals surface area contributed by atoms with Crippen LogP contribution in [0.1, 0.15) is 30.5 Å². The summed E-state index contributed by atoms with van der Waals surface area (Å²) < 4.78 is 33.4. The van der Waals surface area contributed by atoms with Crippen LogP contribution in [0.5, 0.6) is 5.75 Å². The summed E-state index contributed by atoms with van der Waals surface area (Å²) in [5.74, 6) is 1.48. The number of hydrogen-bond donors (Lipinski definition) is 1. The van der Waals surface area contributed by atoms with E-state index in [9.17, 15) is 13.9 Å². The lowest BCUT2D eigenvalue weighted by Gasteiger charge is -2.25. The number of hydrogen-bond acceptors (Lipinski definition) is 5. The Kier molecular flexibility index (Phi) is 5.91. The van der Waals surface area contributed by atoms with Gasteiger partial charge in [0.2, 0.25) is 0 Å². The molecule has 0 bridgehead atoms. The molecule has 1 atom stereocenters. The Hall–Kier alpha value is -3.52. The van der Waals surface area contributed by atoms with Crippen LogP contribution < -0.4 is 9.64 Å². The van der Waals surface area contributed by atoms with Gasteiger partial charge < -0.3 is 14.7 Å². The number of halogens is 2. The lowest BCUT2D eigenvalue weighted by Crippen LogP contribution is -2.32. The molecule has 1 unspecified atom stereocenters. The molecule has 0 saturated carbocycles. The first-order valence-electron chi connectivity index (χ1n) is 11.3. The van der Waals surface area contributed by atoms with Gasteiger partial charge in [-0.05, 0) is 37.5 Å². The number of anilines is 1. The van der Waals surface area contributed by atoms with E-state index in [1.807, 2.05) is 37.3 Å². The SMILES string of the molecule is COc1cccc(-c2cc(N3CCCC3CO)nc3c(-c4ccc(C(F)F)cc4)c(C)nn23)c1. The maximum absolute atomic E-state index is 13.1. The Morgan fingerprint density at radius 3 is 2.62 bits per heavy atom. The van der Waals surface area contributed by atoms with Crippen LogP contribution in [0.4, 0.5) is 14.6 Å². The second-order valence-electron chi connectivity index (χ2n) is 8.52. The van der Waals surface area contributed by atoms with Crippen molar-refractivity contribution in [1.82, 2.24) is 14.6 Å². The summed E-state index contributed by atoms with van der Waals surface area (Å²) in [4.78, 5) is 7.11. The van der Waals surface area contributed by atoms with E-state index in [-0.39, 0.29) is 18.2 Å². The molecule has 0 spiro atoms. The van der Waals surface area contributed by atoms with Crippen molar-refractivity contribution in [2.45, 2.75) is 32.2 Å². The van der Waals surface area contributed by atoms with Crippen LogP contribution in [-0.2, 0) is 0 Å². The van der Waals surface area contributed by atoms with E-state index < -0.39 is 6.43 Å². The highest BCUT2D eigenvalue weighted by Crippen LogP contribution is 2.35. The lowest BCUT2D eigenvalue weighted by atomic mass is 10.0. The van der Waals surface area contributed by atoms with Gasteiger partial charge in [-0.2, -0.15) is 5.10 Å². The molecular formula is C26H26F2N4O2. The summed E-state index contributed by atoms with van der Waals surface area (Å²) in [6.07, 6.45) is -0.640. The zero-order chi connectivity index (χ0) is 23.8. The van der Waals surface area contributed by atoms with Crippen molar-refractivity contribution in [3.05, 3.63) is 65.9 Å². The van der Waals surface area contributed by atoms with Gasteiger partial charge in [-0.1, -0.05) is 36.4 Å². The molecule has 0 aliphatic carbocycles. The van der Waals surface area contributed by atoms with Crippen LogP contribution in [0.2, 0.25) is 0 Å². The molecule has 3 heterocycles. The summed E-state index contributed by atoms with van der Waals surface area (Å²) in [6, 6.07) is 16.0. The van der Waals surface area contributed by atoms with Crippen molar-refractivity contribution in [3.8, 4) is 28.1 Å². The fourth-order valence-corrected chi connectivity index (χ4v) is 4.71. The van der Waals surface area contributed by atoms with Crippen LogP contribution in [0.15, 0.2) is 54.6 Å². The highest BCUT2D eigenvalue weighted by Gasteiger charge is 2.27. The van der Waals surface area contributed by atoms with E-state index in [0.717, 1.165) is 59.0 Å². The van der Waals surface area contributed by atoms with Crippen LogP contribution in [0, 0.1) is 6.92 Å². The van der Waals surface area contributed by atoms with E-state index in [1.54, 1.807) is 23.8 Å². The summed E-state index contributed by atoms with van der Waals surface area (Å²) >= 11 is 0. The number of methoxy groups -OCH3 is 1. The average Bonchev–Trinajstić information content (AvgIpc) is 3.47. The topological polar surface area (TPSA) is 62.9 Å². The minimum Gasteiger partial charge on any atom is -0.497 e. The molecule has 5 rings (SSSR count). The summed E-state index contributed by atoms with van der Waals surface area (Å²) in [5, 5.41) is 14.7. The Morgan fingerprint density at radius 1 is 1.12 bits per heavy atom. The predicted octanol–water partition coefficient (Wildman–Crippen LogP) is 5.28. The van der Waals surface area contributed by atoms with Crippen molar-refractivity contribution < 1.29 is 18.6 Å². The number of nitrogens with zero attached hydrogens (tertiary/aromatic N) is 4. The van der Waals surface area contributed by atoms with Gasteiger partial charge in [-0.3, -0.25) is 0 Å². The normalized spacial score (nSPS) is 16.1. The molecule has 8 heteroatoms. The molecule has 0 radical (unpaired) electrons. The van der Waals surface area contributed by atoms with Crippen LogP contribution in [0.25, 0.3) is 28.0 Å². The van der Waals surface area contributed by atoms with Crippen molar-refractivity contribution in [1.29, 1.82) is 0 Å². The van der Waals surface area contributed by atoms with Gasteiger partial charge in [0.05, 0.1) is 31.1 Å². The van der Waals surface area contributed by atoms with Gasteiger partial charge in [-0.15, -0.1) is 0 Å². The van der Waals surface area contributed by atoms with E-state index in [0.29, 0.717) is 5.65 Å². The molecule has 1 saturated heterocycles. The third-order valence-electron chi connectivity index (χ3n) is 6.45. The molecule has 1 fully saturated rings. The number of benzene rings is 2. The number of fused-ring (bicyclic) bond motifs is 1. The van der Waals surface area contributed by atoms with Crippen molar-refractivity contribution in [3.63, 3.8) is 0 Å².